The summed E-state index contributed by atoms with van der Waals surface area (Å²) in [6.07, 6.45) is 1.12. The SMILES string of the molecule is CC(=O)OCC(=O)N1CCC(c2c(C#N)c(N)nc(S)c2C#N)CC1. The van der Waals surface area contributed by atoms with Crippen molar-refractivity contribution in [3.63, 3.8) is 0 Å². The number of nitrogens with zero attached hydrogens (tertiary/aromatic N) is 4. The summed E-state index contributed by atoms with van der Waals surface area (Å²) >= 11 is 4.18. The fourth-order valence-electron chi connectivity index (χ4n) is 2.92. The van der Waals surface area contributed by atoms with E-state index < -0.39 is 5.97 Å². The fraction of sp³-hybridized carbons (Fsp3) is 0.438. The van der Waals surface area contributed by atoms with Crippen LogP contribution in [0.2, 0.25) is 0 Å². The fourth-order valence-corrected chi connectivity index (χ4v) is 3.20. The topological polar surface area (TPSA) is 133 Å². The van der Waals surface area contributed by atoms with Gasteiger partial charge in [0.15, 0.2) is 6.61 Å². The summed E-state index contributed by atoms with van der Waals surface area (Å²) in [7, 11) is 0. The molecule has 0 aromatic carbocycles. The number of hydrogen-bond donors (Lipinski definition) is 2. The zero-order chi connectivity index (χ0) is 18.6. The molecule has 1 aliphatic rings. The highest BCUT2D eigenvalue weighted by Gasteiger charge is 2.29. The highest BCUT2D eigenvalue weighted by molar-refractivity contribution is 7.80. The number of carbonyl (C=O) groups excluding carboxylic acids is 2. The first kappa shape index (κ1) is 18.6. The predicted octanol–water partition coefficient (Wildman–Crippen LogP) is 0.965. The Labute approximate surface area is 150 Å². The van der Waals surface area contributed by atoms with Crippen molar-refractivity contribution < 1.29 is 14.3 Å². The third-order valence-electron chi connectivity index (χ3n) is 4.12. The Hall–Kier alpha value is -2.78. The van der Waals surface area contributed by atoms with E-state index in [1.807, 2.05) is 12.1 Å². The summed E-state index contributed by atoms with van der Waals surface area (Å²) in [6.45, 7) is 1.83. The number of thiol groups is 1. The molecule has 9 heteroatoms. The van der Waals surface area contributed by atoms with Gasteiger partial charge in [-0.1, -0.05) is 0 Å². The van der Waals surface area contributed by atoms with E-state index in [2.05, 4.69) is 17.6 Å². The number of nitrogen functional groups attached to an aromatic ring is 1. The van der Waals surface area contributed by atoms with Gasteiger partial charge in [0, 0.05) is 20.0 Å². The third kappa shape index (κ3) is 4.01. The van der Waals surface area contributed by atoms with E-state index >= 15 is 0 Å². The average molecular weight is 359 g/mol. The molecule has 1 aromatic heterocycles. The van der Waals surface area contributed by atoms with Crippen molar-refractivity contribution in [1.29, 1.82) is 10.5 Å². The van der Waals surface area contributed by atoms with Crippen LogP contribution in [0.15, 0.2) is 5.03 Å². The molecular formula is C16H17N5O3S. The Morgan fingerprint density at radius 1 is 1.32 bits per heavy atom. The van der Waals surface area contributed by atoms with Crippen molar-refractivity contribution in [3.8, 4) is 12.1 Å². The zero-order valence-corrected chi connectivity index (χ0v) is 14.5. The van der Waals surface area contributed by atoms with Gasteiger partial charge < -0.3 is 15.4 Å². The van der Waals surface area contributed by atoms with Gasteiger partial charge >= 0.3 is 5.97 Å². The van der Waals surface area contributed by atoms with Crippen LogP contribution >= 0.6 is 12.6 Å². The molecule has 1 amide bonds. The molecule has 0 bridgehead atoms. The van der Waals surface area contributed by atoms with Crippen LogP contribution in [0, 0.1) is 22.7 Å². The number of esters is 1. The summed E-state index contributed by atoms with van der Waals surface area (Å²) in [5.41, 5.74) is 6.79. The van der Waals surface area contributed by atoms with Gasteiger partial charge in [-0.3, -0.25) is 9.59 Å². The predicted molar refractivity (Wildman–Crippen MR) is 90.5 cm³/mol. The quantitative estimate of drug-likeness (QED) is 0.606. The normalized spacial score (nSPS) is 14.5. The number of likely N-dealkylation sites (tertiary alicyclic amines) is 1. The van der Waals surface area contributed by atoms with E-state index in [1.54, 1.807) is 4.90 Å². The molecule has 1 saturated heterocycles. The number of hydrogen-bond acceptors (Lipinski definition) is 8. The maximum absolute atomic E-state index is 12.0. The van der Waals surface area contributed by atoms with E-state index in [-0.39, 0.29) is 40.4 Å². The summed E-state index contributed by atoms with van der Waals surface area (Å²) < 4.78 is 4.72. The van der Waals surface area contributed by atoms with Gasteiger partial charge in [-0.2, -0.15) is 10.5 Å². The molecule has 1 aliphatic heterocycles. The third-order valence-corrected chi connectivity index (χ3v) is 4.45. The molecule has 25 heavy (non-hydrogen) atoms. The lowest BCUT2D eigenvalue weighted by Crippen LogP contribution is -2.40. The average Bonchev–Trinajstić information content (AvgIpc) is 2.59. The van der Waals surface area contributed by atoms with Crippen LogP contribution in [-0.4, -0.2) is 41.5 Å². The Morgan fingerprint density at radius 3 is 2.44 bits per heavy atom. The van der Waals surface area contributed by atoms with Crippen LogP contribution in [0.5, 0.6) is 0 Å². The number of amides is 1. The van der Waals surface area contributed by atoms with Gasteiger partial charge in [0.2, 0.25) is 0 Å². The van der Waals surface area contributed by atoms with Crippen LogP contribution in [0.3, 0.4) is 0 Å². The number of rotatable bonds is 3. The molecule has 2 N–H and O–H groups in total. The van der Waals surface area contributed by atoms with Crippen LogP contribution in [0.4, 0.5) is 5.82 Å². The minimum atomic E-state index is -0.505. The first-order chi connectivity index (χ1) is 11.9. The van der Waals surface area contributed by atoms with Gasteiger partial charge in [-0.05, 0) is 24.3 Å². The molecule has 1 fully saturated rings. The molecule has 0 atom stereocenters. The van der Waals surface area contributed by atoms with Gasteiger partial charge in [-0.25, -0.2) is 4.98 Å². The standard InChI is InChI=1S/C16H17N5O3S/c1-9(22)24-8-13(23)21-4-2-10(3-5-21)14-11(6-17)15(19)20-16(25)12(14)7-18/h10H,2-5,8H2,1H3,(H3,19,20,25). The highest BCUT2D eigenvalue weighted by atomic mass is 32.1. The number of ether oxygens (including phenoxy) is 1. The molecule has 0 unspecified atom stereocenters. The lowest BCUT2D eigenvalue weighted by Gasteiger charge is -2.33. The second kappa shape index (κ2) is 7.86. The Balaban J connectivity index is 2.19. The van der Waals surface area contributed by atoms with Gasteiger partial charge in [0.1, 0.15) is 23.0 Å². The maximum Gasteiger partial charge on any atom is 0.303 e. The summed E-state index contributed by atoms with van der Waals surface area (Å²) in [5.74, 6) is -0.818. The molecule has 1 aromatic rings. The van der Waals surface area contributed by atoms with E-state index in [0.29, 0.717) is 31.5 Å². The van der Waals surface area contributed by atoms with Crippen molar-refractivity contribution in [1.82, 2.24) is 9.88 Å². The van der Waals surface area contributed by atoms with Crippen LogP contribution < -0.4 is 5.73 Å². The number of anilines is 1. The molecule has 0 aliphatic carbocycles. The number of nitrogens with two attached hydrogens (primary N) is 1. The second-order valence-electron chi connectivity index (χ2n) is 5.64. The Bertz CT molecular complexity index is 750. The minimum Gasteiger partial charge on any atom is -0.456 e. The molecule has 2 rings (SSSR count). The van der Waals surface area contributed by atoms with Crippen molar-refractivity contribution in [2.24, 2.45) is 0 Å². The van der Waals surface area contributed by atoms with Gasteiger partial charge in [0.25, 0.3) is 5.91 Å². The molecule has 0 spiro atoms. The van der Waals surface area contributed by atoms with Gasteiger partial charge in [0.05, 0.1) is 11.1 Å². The van der Waals surface area contributed by atoms with Crippen molar-refractivity contribution in [2.45, 2.75) is 30.7 Å². The Kier molecular flexibility index (Phi) is 5.84. The number of piperidine rings is 1. The number of aromatic nitrogens is 1. The molecule has 0 radical (unpaired) electrons. The lowest BCUT2D eigenvalue weighted by molar-refractivity contribution is -0.150. The molecule has 8 nitrogen and oxygen atoms in total. The molecule has 0 saturated carbocycles. The van der Waals surface area contributed by atoms with E-state index in [9.17, 15) is 20.1 Å². The summed E-state index contributed by atoms with van der Waals surface area (Å²) in [5, 5.41) is 19.0. The smallest absolute Gasteiger partial charge is 0.303 e. The first-order valence-corrected chi connectivity index (χ1v) is 8.07. The Morgan fingerprint density at radius 2 is 1.92 bits per heavy atom. The first-order valence-electron chi connectivity index (χ1n) is 7.62. The minimum absolute atomic E-state index is 0.0508. The van der Waals surface area contributed by atoms with Gasteiger partial charge in [-0.15, -0.1) is 12.6 Å². The van der Waals surface area contributed by atoms with Crippen LogP contribution in [0.1, 0.15) is 42.4 Å². The highest BCUT2D eigenvalue weighted by Crippen LogP contribution is 2.36. The van der Waals surface area contributed by atoms with E-state index in [1.165, 1.54) is 6.92 Å². The summed E-state index contributed by atoms with van der Waals surface area (Å²) in [4.78, 5) is 28.3. The lowest BCUT2D eigenvalue weighted by atomic mass is 9.84. The van der Waals surface area contributed by atoms with Crippen LogP contribution in [-0.2, 0) is 14.3 Å². The molecule has 2 heterocycles. The largest absolute Gasteiger partial charge is 0.456 e. The van der Waals surface area contributed by atoms with E-state index in [4.69, 9.17) is 10.5 Å². The van der Waals surface area contributed by atoms with E-state index in [0.717, 1.165) is 0 Å². The van der Waals surface area contributed by atoms with Crippen LogP contribution in [0.25, 0.3) is 0 Å². The zero-order valence-electron chi connectivity index (χ0n) is 13.7. The van der Waals surface area contributed by atoms with Crippen molar-refractivity contribution in [2.75, 3.05) is 25.4 Å². The summed E-state index contributed by atoms with van der Waals surface area (Å²) in [6, 6.07) is 4.07. The van der Waals surface area contributed by atoms with Crippen molar-refractivity contribution >= 4 is 30.3 Å². The molecular weight excluding hydrogens is 342 g/mol. The molecule has 130 valence electrons. The second-order valence-corrected chi connectivity index (χ2v) is 6.07. The van der Waals surface area contributed by atoms with Crippen molar-refractivity contribution in [3.05, 3.63) is 16.7 Å². The monoisotopic (exact) mass is 359 g/mol. The number of carbonyl (C=O) groups is 2. The number of nitriles is 2. The maximum atomic E-state index is 12.0. The number of pyridine rings is 1.